The largest absolute Gasteiger partial charge is 0.496 e. The maximum Gasteiger partial charge on any atom is 0.342 e. The molecule has 3 aromatic rings. The van der Waals surface area contributed by atoms with E-state index >= 15 is 4.79 Å². The number of carbonyl (C=O) groups is 3. The summed E-state index contributed by atoms with van der Waals surface area (Å²) in [6.07, 6.45) is 5.71. The second kappa shape index (κ2) is 13.1. The molecule has 2 unspecified atom stereocenters. The normalized spacial score (nSPS) is 37.9. The fraction of sp³-hybridized carbons (Fsp3) is 0.568. The van der Waals surface area contributed by atoms with Crippen molar-refractivity contribution in [2.45, 2.75) is 92.6 Å². The summed E-state index contributed by atoms with van der Waals surface area (Å²) in [7, 11) is 4.11. The summed E-state index contributed by atoms with van der Waals surface area (Å²) in [4.78, 5) is 52.5. The van der Waals surface area contributed by atoms with Crippen LogP contribution in [0.15, 0.2) is 48.6 Å². The highest BCUT2D eigenvalue weighted by Gasteiger charge is 2.79. The van der Waals surface area contributed by atoms with Gasteiger partial charge in [-0.1, -0.05) is 44.2 Å². The standard InChI is InChI=1S/C44H54N4O9/c1-6-40(53)21-26-22-43(38(51)56-4,34-28(13-17-46(23-26)24-40)27-11-8-9-12-31(27)45-34)30-19-29-32(20-33(30)55-3)48(25-49)36-42(29)15-18-47-16-10-14-41(7-2,35(42)47)37(50)44(36,54)39(52)57-5/h8-12,14,19-20,25-26,35-37,45,50,53-54H,6-7,13,15-18,21-24H2,1-5H3/t26?,35-,36+,37+,40-,41+,42+,43-,44-/m0/s1. The average molecular weight is 783 g/mol. The van der Waals surface area contributed by atoms with Gasteiger partial charge in [0.15, 0.2) is 0 Å². The third kappa shape index (κ3) is 4.77. The van der Waals surface area contributed by atoms with Gasteiger partial charge < -0.3 is 39.4 Å². The van der Waals surface area contributed by atoms with E-state index in [1.165, 1.54) is 26.2 Å². The number of aromatic nitrogens is 1. The summed E-state index contributed by atoms with van der Waals surface area (Å²) in [6.45, 7) is 7.01. The number of H-pyrrole nitrogens is 1. The van der Waals surface area contributed by atoms with Crippen LogP contribution >= 0.6 is 0 Å². The number of aliphatic hydroxyl groups excluding tert-OH is 1. The third-order valence-electron chi connectivity index (χ3n) is 15.3. The maximum absolute atomic E-state index is 15.2. The van der Waals surface area contributed by atoms with Crippen molar-refractivity contribution in [3.05, 3.63) is 70.9 Å². The first-order chi connectivity index (χ1) is 27.4. The molecule has 2 saturated heterocycles. The van der Waals surface area contributed by atoms with E-state index in [4.69, 9.17) is 14.2 Å². The summed E-state index contributed by atoms with van der Waals surface area (Å²) in [6, 6.07) is 10.1. The lowest BCUT2D eigenvalue weighted by Crippen LogP contribution is -2.81. The SMILES string of the molecule is CC[C@]1(O)CC2CN(CCc3c([nH]c4ccccc34)[C@@](C(=O)OC)(c3cc4c(cc3OC)N(C=O)[C@H]3[C@@](O)(C(=O)OC)[C@H](O)[C@]5(CC)C=CCN6CC[C@]43[C@@H]65)C2)C1. The van der Waals surface area contributed by atoms with Crippen molar-refractivity contribution in [2.75, 3.05) is 59.0 Å². The first-order valence-electron chi connectivity index (χ1n) is 20.4. The fourth-order valence-corrected chi connectivity index (χ4v) is 13.0. The number of aliphatic hydroxyl groups is 3. The number of benzene rings is 2. The molecule has 5 aliphatic heterocycles. The van der Waals surface area contributed by atoms with Crippen LogP contribution in [0.5, 0.6) is 5.75 Å². The lowest BCUT2D eigenvalue weighted by atomic mass is 9.47. The first-order valence-corrected chi connectivity index (χ1v) is 20.4. The molecule has 1 aliphatic carbocycles. The van der Waals surface area contributed by atoms with E-state index in [1.54, 1.807) is 6.07 Å². The van der Waals surface area contributed by atoms with Crippen molar-refractivity contribution < 1.29 is 43.9 Å². The summed E-state index contributed by atoms with van der Waals surface area (Å²) >= 11 is 0. The number of nitrogens with zero attached hydrogens (tertiary/aromatic N) is 3. The molecule has 1 aromatic heterocycles. The minimum absolute atomic E-state index is 0.136. The highest BCUT2D eigenvalue weighted by Crippen LogP contribution is 2.67. The molecular formula is C44H54N4O9. The maximum atomic E-state index is 15.2. The minimum atomic E-state index is -2.52. The van der Waals surface area contributed by atoms with Gasteiger partial charge in [-0.15, -0.1) is 0 Å². The van der Waals surface area contributed by atoms with Crippen LogP contribution in [-0.2, 0) is 41.1 Å². The van der Waals surface area contributed by atoms with Crippen LogP contribution in [0.2, 0.25) is 0 Å². The lowest BCUT2D eigenvalue weighted by molar-refractivity contribution is -0.218. The number of nitrogens with one attached hydrogen (secondary N) is 1. The van der Waals surface area contributed by atoms with E-state index in [1.807, 2.05) is 50.3 Å². The van der Waals surface area contributed by atoms with Crippen LogP contribution in [0.4, 0.5) is 5.69 Å². The zero-order valence-corrected chi connectivity index (χ0v) is 33.4. The van der Waals surface area contributed by atoms with Gasteiger partial charge in [-0.25, -0.2) is 4.79 Å². The number of carbonyl (C=O) groups excluding carboxylic acids is 3. The van der Waals surface area contributed by atoms with Gasteiger partial charge in [-0.05, 0) is 74.2 Å². The lowest BCUT2D eigenvalue weighted by Gasteiger charge is -2.62. The molecule has 304 valence electrons. The Kier molecular flexibility index (Phi) is 8.81. The molecule has 13 nitrogen and oxygen atoms in total. The number of esters is 2. The van der Waals surface area contributed by atoms with Crippen LogP contribution in [-0.4, -0.2) is 132 Å². The Morgan fingerprint density at radius 1 is 0.982 bits per heavy atom. The summed E-state index contributed by atoms with van der Waals surface area (Å²) in [5.74, 6) is -1.33. The van der Waals surface area contributed by atoms with Gasteiger partial charge >= 0.3 is 11.9 Å². The Hall–Kier alpha value is -4.27. The molecule has 2 aromatic carbocycles. The molecule has 1 amide bonds. The Balaban J connectivity index is 1.38. The Labute approximate surface area is 332 Å². The molecule has 57 heavy (non-hydrogen) atoms. The number of amides is 1. The molecule has 13 heteroatoms. The van der Waals surface area contributed by atoms with Crippen molar-refractivity contribution in [1.29, 1.82) is 0 Å². The van der Waals surface area contributed by atoms with E-state index in [-0.39, 0.29) is 12.3 Å². The predicted molar refractivity (Wildman–Crippen MR) is 211 cm³/mol. The number of rotatable bonds is 7. The molecule has 0 radical (unpaired) electrons. The Bertz CT molecular complexity index is 2190. The molecule has 2 bridgehead atoms. The number of para-hydroxylation sites is 1. The number of anilines is 1. The van der Waals surface area contributed by atoms with Crippen molar-refractivity contribution >= 4 is 34.9 Å². The van der Waals surface area contributed by atoms with Gasteiger partial charge in [0.1, 0.15) is 17.3 Å². The molecule has 6 heterocycles. The van der Waals surface area contributed by atoms with Gasteiger partial charge in [0, 0.05) is 71.3 Å². The van der Waals surface area contributed by atoms with E-state index in [9.17, 15) is 24.9 Å². The van der Waals surface area contributed by atoms with Gasteiger partial charge in [-0.2, -0.15) is 0 Å². The monoisotopic (exact) mass is 782 g/mol. The van der Waals surface area contributed by atoms with Crippen molar-refractivity contribution in [3.63, 3.8) is 0 Å². The number of aromatic amines is 1. The number of hydrogen-bond donors (Lipinski definition) is 4. The van der Waals surface area contributed by atoms with Gasteiger partial charge in [0.2, 0.25) is 12.0 Å². The average Bonchev–Trinajstić information content (AvgIpc) is 3.90. The predicted octanol–water partition coefficient (Wildman–Crippen LogP) is 2.95. The number of methoxy groups -OCH3 is 3. The van der Waals surface area contributed by atoms with Gasteiger partial charge in [-0.3, -0.25) is 19.4 Å². The highest BCUT2D eigenvalue weighted by atomic mass is 16.5. The molecule has 4 N–H and O–H groups in total. The van der Waals surface area contributed by atoms with Crippen LogP contribution in [0.1, 0.15) is 68.3 Å². The quantitative estimate of drug-likeness (QED) is 0.158. The molecule has 3 fully saturated rings. The van der Waals surface area contributed by atoms with Crippen molar-refractivity contribution in [1.82, 2.24) is 14.8 Å². The molecular weight excluding hydrogens is 729 g/mol. The second-order valence-corrected chi connectivity index (χ2v) is 17.5. The topological polar surface area (TPSA) is 165 Å². The van der Waals surface area contributed by atoms with Gasteiger partial charge in [0.25, 0.3) is 0 Å². The summed E-state index contributed by atoms with van der Waals surface area (Å²) in [5, 5.41) is 38.2. The zero-order chi connectivity index (χ0) is 40.3. The van der Waals surface area contributed by atoms with Crippen LogP contribution in [0, 0.1) is 11.3 Å². The van der Waals surface area contributed by atoms with E-state index in [0.717, 1.165) is 16.5 Å². The van der Waals surface area contributed by atoms with Crippen LogP contribution in [0.25, 0.3) is 10.9 Å². The van der Waals surface area contributed by atoms with Crippen LogP contribution < -0.4 is 9.64 Å². The molecule has 9 rings (SSSR count). The van der Waals surface area contributed by atoms with Crippen molar-refractivity contribution in [3.8, 4) is 5.75 Å². The number of ether oxygens (including phenoxy) is 3. The van der Waals surface area contributed by atoms with Gasteiger partial charge in [0.05, 0.1) is 38.7 Å². The smallest absolute Gasteiger partial charge is 0.342 e. The Morgan fingerprint density at radius 2 is 1.75 bits per heavy atom. The molecule has 6 aliphatic rings. The number of fused-ring (bicyclic) bond motifs is 6. The molecule has 1 saturated carbocycles. The minimum Gasteiger partial charge on any atom is -0.496 e. The summed E-state index contributed by atoms with van der Waals surface area (Å²) < 4.78 is 17.4. The van der Waals surface area contributed by atoms with Crippen molar-refractivity contribution in [2.24, 2.45) is 11.3 Å². The molecule has 1 spiro atoms. The number of piperidine rings is 1. The zero-order valence-electron chi connectivity index (χ0n) is 33.4. The van der Waals surface area contributed by atoms with E-state index in [2.05, 4.69) is 20.9 Å². The second-order valence-electron chi connectivity index (χ2n) is 17.5. The molecule has 10 atom stereocenters. The van der Waals surface area contributed by atoms with Crippen LogP contribution in [0.3, 0.4) is 0 Å². The third-order valence-corrected chi connectivity index (χ3v) is 15.3. The van der Waals surface area contributed by atoms with E-state index in [0.29, 0.717) is 99.5 Å². The highest BCUT2D eigenvalue weighted by molar-refractivity contribution is 5.96. The van der Waals surface area contributed by atoms with E-state index < -0.39 is 57.6 Å². The first kappa shape index (κ1) is 38.3. The Morgan fingerprint density at radius 3 is 2.46 bits per heavy atom. The summed E-state index contributed by atoms with van der Waals surface area (Å²) in [5.41, 5.74) is -2.95. The fourth-order valence-electron chi connectivity index (χ4n) is 13.0. The number of hydrogen-bond acceptors (Lipinski definition) is 11.